The average molecular weight is 256 g/mol. The first kappa shape index (κ1) is 10.9. The molecular weight excluding hydrogens is 250 g/mol. The van der Waals surface area contributed by atoms with Gasteiger partial charge in [0.1, 0.15) is 10.8 Å². The first-order valence-corrected chi connectivity index (χ1v) is 5.37. The molecule has 0 aliphatic carbocycles. The summed E-state index contributed by atoms with van der Waals surface area (Å²) >= 11 is 6.73. The molecule has 0 atom stereocenters. The Morgan fingerprint density at radius 3 is 2.81 bits per heavy atom. The zero-order valence-electron chi connectivity index (χ0n) is 7.85. The van der Waals surface area contributed by atoms with Gasteiger partial charge in [-0.2, -0.15) is 0 Å². The van der Waals surface area contributed by atoms with Gasteiger partial charge in [0.2, 0.25) is 0 Å². The molecule has 2 rings (SSSR count). The van der Waals surface area contributed by atoms with Crippen molar-refractivity contribution in [3.8, 4) is 0 Å². The van der Waals surface area contributed by atoms with Gasteiger partial charge in [-0.05, 0) is 23.9 Å². The van der Waals surface area contributed by atoms with Gasteiger partial charge in [-0.25, -0.2) is 4.98 Å². The maximum atomic E-state index is 11.1. The predicted molar refractivity (Wildman–Crippen MR) is 60.4 cm³/mol. The van der Waals surface area contributed by atoms with Crippen molar-refractivity contribution in [2.75, 3.05) is 5.73 Å². The van der Waals surface area contributed by atoms with Crippen LogP contribution in [-0.4, -0.2) is 20.2 Å². The molecule has 8 heteroatoms. The van der Waals surface area contributed by atoms with Gasteiger partial charge < -0.3 is 10.7 Å². The Morgan fingerprint density at radius 1 is 1.38 bits per heavy atom. The van der Waals surface area contributed by atoms with E-state index in [0.717, 1.165) is 11.8 Å². The summed E-state index contributed by atoms with van der Waals surface area (Å²) in [6.07, 6.45) is 0. The molecule has 0 bridgehead atoms. The molecule has 0 aliphatic heterocycles. The zero-order valence-corrected chi connectivity index (χ0v) is 9.42. The molecule has 0 aromatic carbocycles. The van der Waals surface area contributed by atoms with Crippen molar-refractivity contribution in [1.82, 2.24) is 20.2 Å². The number of rotatable bonds is 2. The second kappa shape index (κ2) is 4.50. The van der Waals surface area contributed by atoms with Crippen molar-refractivity contribution in [1.29, 1.82) is 0 Å². The minimum atomic E-state index is -0.308. The number of anilines is 1. The Morgan fingerprint density at radius 2 is 2.19 bits per heavy atom. The second-order valence-electron chi connectivity index (χ2n) is 2.77. The van der Waals surface area contributed by atoms with Crippen LogP contribution < -0.4 is 11.3 Å². The fourth-order valence-corrected chi connectivity index (χ4v) is 1.78. The van der Waals surface area contributed by atoms with Crippen LogP contribution in [0.25, 0.3) is 0 Å². The predicted octanol–water partition coefficient (Wildman–Crippen LogP) is 0.947. The fourth-order valence-electron chi connectivity index (χ4n) is 0.959. The summed E-state index contributed by atoms with van der Waals surface area (Å²) in [5.74, 6) is 0.160. The average Bonchev–Trinajstić information content (AvgIpc) is 2.20. The summed E-state index contributed by atoms with van der Waals surface area (Å²) < 4.78 is 0. The van der Waals surface area contributed by atoms with Crippen LogP contribution in [0.1, 0.15) is 0 Å². The summed E-state index contributed by atoms with van der Waals surface area (Å²) in [6.45, 7) is 0. The van der Waals surface area contributed by atoms with Crippen LogP contribution in [0.3, 0.4) is 0 Å². The van der Waals surface area contributed by atoms with Crippen molar-refractivity contribution in [3.05, 3.63) is 33.7 Å². The van der Waals surface area contributed by atoms with Crippen molar-refractivity contribution in [3.63, 3.8) is 0 Å². The minimum absolute atomic E-state index is 0.160. The van der Waals surface area contributed by atoms with E-state index in [-0.39, 0.29) is 11.4 Å². The van der Waals surface area contributed by atoms with E-state index in [0.29, 0.717) is 15.3 Å². The van der Waals surface area contributed by atoms with Gasteiger partial charge in [0.15, 0.2) is 10.3 Å². The van der Waals surface area contributed by atoms with E-state index >= 15 is 0 Å². The summed E-state index contributed by atoms with van der Waals surface area (Å²) in [5.41, 5.74) is 5.13. The summed E-state index contributed by atoms with van der Waals surface area (Å²) in [4.78, 5) is 17.6. The first-order valence-electron chi connectivity index (χ1n) is 4.17. The molecule has 0 fully saturated rings. The van der Waals surface area contributed by atoms with Crippen molar-refractivity contribution in [2.45, 2.75) is 10.2 Å². The Labute approximate surface area is 99.3 Å². The molecule has 0 unspecified atom stereocenters. The number of nitrogens with one attached hydrogen (secondary N) is 1. The standard InChI is InChI=1S/C8H6ClN5OS/c9-4-1-2-7(14-13-4)16-8-11-5(10)3-6(15)12-8/h1-3H,(H3,10,11,12,15). The van der Waals surface area contributed by atoms with Crippen LogP contribution in [-0.2, 0) is 0 Å². The lowest BCUT2D eigenvalue weighted by Crippen LogP contribution is -2.09. The molecule has 2 heterocycles. The zero-order chi connectivity index (χ0) is 11.5. The highest BCUT2D eigenvalue weighted by Gasteiger charge is 2.03. The minimum Gasteiger partial charge on any atom is -0.383 e. The third kappa shape index (κ3) is 2.71. The second-order valence-corrected chi connectivity index (χ2v) is 4.17. The monoisotopic (exact) mass is 255 g/mol. The van der Waals surface area contributed by atoms with Gasteiger partial charge in [0.25, 0.3) is 5.56 Å². The van der Waals surface area contributed by atoms with E-state index in [4.69, 9.17) is 17.3 Å². The van der Waals surface area contributed by atoms with E-state index in [1.54, 1.807) is 12.1 Å². The Kier molecular flexibility index (Phi) is 3.07. The van der Waals surface area contributed by atoms with Crippen LogP contribution >= 0.6 is 23.4 Å². The van der Waals surface area contributed by atoms with Crippen molar-refractivity contribution in [2.24, 2.45) is 0 Å². The molecule has 0 aliphatic rings. The van der Waals surface area contributed by atoms with Crippen LogP contribution in [0.15, 0.2) is 33.2 Å². The fraction of sp³-hybridized carbons (Fsp3) is 0. The lowest BCUT2D eigenvalue weighted by atomic mass is 10.6. The van der Waals surface area contributed by atoms with Crippen LogP contribution in [0.5, 0.6) is 0 Å². The van der Waals surface area contributed by atoms with Crippen LogP contribution in [0.4, 0.5) is 5.82 Å². The lowest BCUT2D eigenvalue weighted by Gasteiger charge is -1.99. The Balaban J connectivity index is 2.26. The molecule has 6 nitrogen and oxygen atoms in total. The smallest absolute Gasteiger partial charge is 0.253 e. The molecule has 0 saturated carbocycles. The normalized spacial score (nSPS) is 10.3. The molecule has 82 valence electrons. The topological polar surface area (TPSA) is 97.6 Å². The quantitative estimate of drug-likeness (QED) is 0.776. The SMILES string of the molecule is Nc1cc(=O)[nH]c(Sc2ccc(Cl)nn2)n1. The Hall–Kier alpha value is -1.60. The number of halogens is 1. The van der Waals surface area contributed by atoms with Gasteiger partial charge in [-0.1, -0.05) is 11.6 Å². The molecular formula is C8H6ClN5OS. The van der Waals surface area contributed by atoms with E-state index < -0.39 is 0 Å². The van der Waals surface area contributed by atoms with Gasteiger partial charge in [-0.15, -0.1) is 10.2 Å². The third-order valence-electron chi connectivity index (χ3n) is 1.55. The highest BCUT2D eigenvalue weighted by Crippen LogP contribution is 2.21. The Bertz CT molecular complexity index is 555. The van der Waals surface area contributed by atoms with Crippen molar-refractivity contribution >= 4 is 29.2 Å². The first-order chi connectivity index (χ1) is 7.63. The van der Waals surface area contributed by atoms with Gasteiger partial charge in [0.05, 0.1) is 0 Å². The molecule has 3 N–H and O–H groups in total. The maximum Gasteiger partial charge on any atom is 0.253 e. The number of aromatic nitrogens is 4. The van der Waals surface area contributed by atoms with E-state index in [1.165, 1.54) is 6.07 Å². The number of hydrogen-bond donors (Lipinski definition) is 2. The third-order valence-corrected chi connectivity index (χ3v) is 2.56. The maximum absolute atomic E-state index is 11.1. The molecule has 2 aromatic heterocycles. The van der Waals surface area contributed by atoms with Gasteiger partial charge in [0, 0.05) is 6.07 Å². The molecule has 0 amide bonds. The number of nitrogens with zero attached hydrogens (tertiary/aromatic N) is 3. The summed E-state index contributed by atoms with van der Waals surface area (Å²) in [6, 6.07) is 4.47. The number of aromatic amines is 1. The number of hydrogen-bond acceptors (Lipinski definition) is 6. The largest absolute Gasteiger partial charge is 0.383 e. The number of nitrogen functional groups attached to an aromatic ring is 1. The summed E-state index contributed by atoms with van der Waals surface area (Å²) in [5, 5.41) is 8.71. The van der Waals surface area contributed by atoms with Crippen LogP contribution in [0.2, 0.25) is 5.15 Å². The van der Waals surface area contributed by atoms with Crippen molar-refractivity contribution < 1.29 is 0 Å². The number of H-pyrrole nitrogens is 1. The van der Waals surface area contributed by atoms with E-state index in [9.17, 15) is 4.79 Å². The van der Waals surface area contributed by atoms with Crippen LogP contribution in [0, 0.1) is 0 Å². The molecule has 0 radical (unpaired) electrons. The number of nitrogens with two attached hydrogens (primary N) is 1. The highest BCUT2D eigenvalue weighted by molar-refractivity contribution is 7.99. The lowest BCUT2D eigenvalue weighted by molar-refractivity contribution is 0.906. The molecule has 16 heavy (non-hydrogen) atoms. The molecule has 0 spiro atoms. The van der Waals surface area contributed by atoms with E-state index in [2.05, 4.69) is 20.2 Å². The van der Waals surface area contributed by atoms with Gasteiger partial charge in [-0.3, -0.25) is 4.79 Å². The molecule has 2 aromatic rings. The summed E-state index contributed by atoms with van der Waals surface area (Å²) in [7, 11) is 0. The van der Waals surface area contributed by atoms with Gasteiger partial charge >= 0.3 is 0 Å². The van der Waals surface area contributed by atoms with E-state index in [1.807, 2.05) is 0 Å². The molecule has 0 saturated heterocycles. The highest BCUT2D eigenvalue weighted by atomic mass is 35.5.